The molecule has 16 nitrogen and oxygen atoms in total. The Morgan fingerprint density at radius 2 is 1.35 bits per heavy atom. The van der Waals surface area contributed by atoms with Gasteiger partial charge in [-0.2, -0.15) is 0 Å². The first-order chi connectivity index (χ1) is 27.1. The fraction of sp³-hybridized carbons (Fsp3) is 0.600. The van der Waals surface area contributed by atoms with E-state index in [2.05, 4.69) is 37.4 Å². The van der Waals surface area contributed by atoms with Crippen molar-refractivity contribution in [3.8, 4) is 0 Å². The number of aliphatic hydroxyl groups excluding tert-OH is 1. The number of hydrogen-bond acceptors (Lipinski definition) is 14. The molecule has 2 saturated heterocycles. The molecular formula is C40H54BrN2O14+. The lowest BCUT2D eigenvalue weighted by Crippen LogP contribution is -2.43. The van der Waals surface area contributed by atoms with E-state index in [0.29, 0.717) is 31.4 Å². The summed E-state index contributed by atoms with van der Waals surface area (Å²) < 4.78 is 48.9. The minimum atomic E-state index is -0.796. The lowest BCUT2D eigenvalue weighted by atomic mass is 10.2. The van der Waals surface area contributed by atoms with Crippen LogP contribution in [0.2, 0.25) is 0 Å². The minimum absolute atomic E-state index is 0.170. The first-order valence-corrected chi connectivity index (χ1v) is 20.0. The van der Waals surface area contributed by atoms with Crippen LogP contribution in [0.25, 0.3) is 0 Å². The second-order valence-electron chi connectivity index (χ2n) is 14.3. The maximum Gasteiger partial charge on any atom is 0.408 e. The molecule has 2 heterocycles. The molecule has 0 bridgehead atoms. The number of alkyl halides is 1. The summed E-state index contributed by atoms with van der Waals surface area (Å²) in [5.41, 5.74) is 1.77. The third-order valence-corrected chi connectivity index (χ3v) is 9.40. The van der Waals surface area contributed by atoms with Crippen LogP contribution in [0.3, 0.4) is 0 Å². The second-order valence-corrected chi connectivity index (χ2v) is 14.9. The van der Waals surface area contributed by atoms with Crippen LogP contribution in [0.15, 0.2) is 60.2 Å². The zero-order valence-electron chi connectivity index (χ0n) is 33.1. The summed E-state index contributed by atoms with van der Waals surface area (Å²) in [4.78, 5) is 45.9. The number of esters is 2. The Labute approximate surface area is 341 Å². The van der Waals surface area contributed by atoms with Crippen molar-refractivity contribution in [2.24, 2.45) is 0 Å². The number of ether oxygens (including phenoxy) is 9. The normalized spacial score (nSPS) is 28.1. The highest BCUT2D eigenvalue weighted by Gasteiger charge is 2.56. The lowest BCUT2D eigenvalue weighted by Gasteiger charge is -2.23. The highest BCUT2D eigenvalue weighted by molar-refractivity contribution is 9.09. The fourth-order valence-corrected chi connectivity index (χ4v) is 6.85. The number of aliphatic hydroxyl groups is 1. The quantitative estimate of drug-likeness (QED) is 0.116. The molecule has 8 atom stereocenters. The zero-order valence-corrected chi connectivity index (χ0v) is 34.7. The van der Waals surface area contributed by atoms with Crippen LogP contribution in [0, 0.1) is 6.08 Å². The average molecular weight is 867 g/mol. The van der Waals surface area contributed by atoms with Crippen molar-refractivity contribution in [1.82, 2.24) is 10.6 Å². The van der Waals surface area contributed by atoms with Gasteiger partial charge in [-0.05, 0) is 59.9 Å². The van der Waals surface area contributed by atoms with Crippen molar-refractivity contribution in [2.75, 3.05) is 31.8 Å². The Hall–Kier alpha value is -3.93. The van der Waals surface area contributed by atoms with Gasteiger partial charge in [0, 0.05) is 12.2 Å². The molecule has 1 aromatic rings. The van der Waals surface area contributed by atoms with Crippen LogP contribution >= 0.6 is 15.9 Å². The number of hydrogen-bond donors (Lipinski definition) is 3. The molecule has 2 saturated carbocycles. The molecule has 0 spiro atoms. The van der Waals surface area contributed by atoms with E-state index >= 15 is 0 Å². The molecule has 1 aromatic carbocycles. The topological polar surface area (TPSA) is 196 Å². The van der Waals surface area contributed by atoms with Crippen molar-refractivity contribution in [2.45, 2.75) is 121 Å². The van der Waals surface area contributed by atoms with Crippen molar-refractivity contribution in [3.05, 3.63) is 71.8 Å². The van der Waals surface area contributed by atoms with Crippen LogP contribution in [0.1, 0.15) is 59.9 Å². The van der Waals surface area contributed by atoms with E-state index in [0.717, 1.165) is 11.1 Å². The van der Waals surface area contributed by atoms with Gasteiger partial charge in [0.1, 0.15) is 55.1 Å². The highest BCUT2D eigenvalue weighted by atomic mass is 79.9. The Kier molecular flexibility index (Phi) is 17.4. The molecule has 2 amide bonds. The number of carbonyl (C=O) groups excluding carboxylic acids is 4. The second kappa shape index (κ2) is 21.7. The first-order valence-electron chi connectivity index (χ1n) is 18.9. The zero-order chi connectivity index (χ0) is 41.6. The summed E-state index contributed by atoms with van der Waals surface area (Å²) in [6, 6.07) is 8.77. The number of halogens is 1. The summed E-state index contributed by atoms with van der Waals surface area (Å²) in [6.45, 7) is 11.6. The first kappa shape index (κ1) is 45.8. The van der Waals surface area contributed by atoms with Crippen LogP contribution in [-0.2, 0) is 58.8 Å². The van der Waals surface area contributed by atoms with Gasteiger partial charge >= 0.3 is 24.1 Å². The average Bonchev–Trinajstić information content (AvgIpc) is 3.87. The van der Waals surface area contributed by atoms with Gasteiger partial charge in [-0.25, -0.2) is 14.4 Å². The van der Waals surface area contributed by atoms with Crippen molar-refractivity contribution < 1.29 is 66.9 Å². The predicted octanol–water partition coefficient (Wildman–Crippen LogP) is 4.32. The number of carbonyl (C=O) groups is 4. The van der Waals surface area contributed by atoms with Gasteiger partial charge in [0.05, 0.1) is 49.2 Å². The largest absolute Gasteiger partial charge is 0.465 e. The Balaban J connectivity index is 0.000000221. The lowest BCUT2D eigenvalue weighted by molar-refractivity contribution is -0.172. The van der Waals surface area contributed by atoms with Crippen molar-refractivity contribution >= 4 is 40.1 Å². The van der Waals surface area contributed by atoms with Gasteiger partial charge in [-0.15, -0.1) is 0 Å². The SMILES string of the molecule is CC1(C)O[C@@H]2[C@H](O1)[C@@H](O)C[C@H]2NC(=O)OCC1=CC=C[C+]=C1.CCOC(=O)CBr.CCOC(=O)CO[C@H]1C[C@@H](NC(=O)OCc2ccccc2)[C@@H]2OC(C)(C)O[C@@H]21. The number of allylic oxidation sites excluding steroid dienone is 4. The van der Waals surface area contributed by atoms with E-state index in [4.69, 9.17) is 37.9 Å². The number of nitrogens with one attached hydrogen (secondary N) is 2. The molecule has 314 valence electrons. The highest BCUT2D eigenvalue weighted by Crippen LogP contribution is 2.40. The third kappa shape index (κ3) is 14.4. The maximum absolute atomic E-state index is 12.2. The standard InChI is InChI=1S/C20H27NO7.C16H19NO5.C4H7BrO2/c1-4-24-16(22)12-25-15-10-14(17-18(15)28-20(2,3)27-17)21-19(23)26-11-13-8-6-5-7-9-13;1-16(2)21-13-11(8-12(18)14(13)22-16)17-15(19)20-9-10-6-4-3-5-7-10;1-2-7-4(6)3-5/h5-9,14-15,17-18H,4,10-12H2,1-3H3,(H,21,23);3-4,6-7,11-14,18H,8-9H2,1-2H3;2-3H2,1H3/p+1/t14-,15+,17+,18-;11-,12+,13+,14-;/m11./s1. The molecule has 0 radical (unpaired) electrons. The molecule has 0 aromatic heterocycles. The van der Waals surface area contributed by atoms with Gasteiger partial charge in [-0.1, -0.05) is 46.3 Å². The van der Waals surface area contributed by atoms with E-state index in [1.807, 2.05) is 42.5 Å². The molecule has 0 unspecified atom stereocenters. The van der Waals surface area contributed by atoms with Crippen LogP contribution in [0.5, 0.6) is 0 Å². The molecule has 2 aliphatic heterocycles. The van der Waals surface area contributed by atoms with Crippen molar-refractivity contribution in [3.63, 3.8) is 0 Å². The summed E-state index contributed by atoms with van der Waals surface area (Å²) in [6.07, 6.45) is 7.34. The molecule has 57 heavy (non-hydrogen) atoms. The number of alkyl carbamates (subject to hydrolysis) is 2. The third-order valence-electron chi connectivity index (χ3n) is 8.94. The number of fused-ring (bicyclic) bond motifs is 2. The number of amides is 2. The molecule has 5 aliphatic rings. The summed E-state index contributed by atoms with van der Waals surface area (Å²) in [5, 5.41) is 15.9. The van der Waals surface area contributed by atoms with E-state index in [1.54, 1.807) is 53.7 Å². The molecule has 3 N–H and O–H groups in total. The maximum atomic E-state index is 12.2. The van der Waals surface area contributed by atoms with Gasteiger partial charge in [0.15, 0.2) is 18.2 Å². The van der Waals surface area contributed by atoms with Crippen molar-refractivity contribution in [1.29, 1.82) is 0 Å². The minimum Gasteiger partial charge on any atom is -0.465 e. The molecule has 3 aliphatic carbocycles. The van der Waals surface area contributed by atoms with Gasteiger partial charge in [-0.3, -0.25) is 4.79 Å². The van der Waals surface area contributed by atoms with Crippen LogP contribution in [0.4, 0.5) is 9.59 Å². The Morgan fingerprint density at radius 3 is 1.93 bits per heavy atom. The monoisotopic (exact) mass is 865 g/mol. The molecular weight excluding hydrogens is 812 g/mol. The van der Waals surface area contributed by atoms with Gasteiger partial charge in [0.25, 0.3) is 0 Å². The summed E-state index contributed by atoms with van der Waals surface area (Å²) >= 11 is 2.94. The van der Waals surface area contributed by atoms with E-state index in [9.17, 15) is 24.3 Å². The Bertz CT molecular complexity index is 1580. The molecule has 17 heteroatoms. The number of rotatable bonds is 12. The molecule has 4 fully saturated rings. The van der Waals surface area contributed by atoms with E-state index < -0.39 is 48.0 Å². The smallest absolute Gasteiger partial charge is 0.408 e. The number of benzene rings is 1. The Morgan fingerprint density at radius 1 is 0.789 bits per heavy atom. The van der Waals surface area contributed by atoms with Gasteiger partial charge < -0.3 is 58.4 Å². The predicted molar refractivity (Wildman–Crippen MR) is 207 cm³/mol. The van der Waals surface area contributed by atoms with E-state index in [1.165, 1.54) is 0 Å². The summed E-state index contributed by atoms with van der Waals surface area (Å²) in [7, 11) is 0. The van der Waals surface area contributed by atoms with Crippen LogP contribution in [-0.4, -0.2) is 121 Å². The van der Waals surface area contributed by atoms with E-state index in [-0.39, 0.29) is 56.2 Å². The fourth-order valence-electron chi connectivity index (χ4n) is 6.69. The van der Waals surface area contributed by atoms with Gasteiger partial charge in [0.2, 0.25) is 0 Å². The molecule has 6 rings (SSSR count). The summed E-state index contributed by atoms with van der Waals surface area (Å²) in [5.74, 6) is -2.19. The van der Waals surface area contributed by atoms with Crippen LogP contribution < -0.4 is 10.6 Å².